The third kappa shape index (κ3) is 1.86. The summed E-state index contributed by atoms with van der Waals surface area (Å²) in [5.74, 6) is -0.755. The van der Waals surface area contributed by atoms with Gasteiger partial charge in [-0.15, -0.1) is 0 Å². The van der Waals surface area contributed by atoms with Gasteiger partial charge in [0, 0.05) is 12.7 Å². The van der Waals surface area contributed by atoms with Crippen LogP contribution in [0.1, 0.15) is 25.3 Å². The molecular formula is C14H19NO3. The lowest BCUT2D eigenvalue weighted by Gasteiger charge is -2.35. The molecule has 1 aromatic carbocycles. The third-order valence-corrected chi connectivity index (χ3v) is 3.56. The lowest BCUT2D eigenvalue weighted by Crippen LogP contribution is -2.49. The Labute approximate surface area is 107 Å². The second kappa shape index (κ2) is 4.28. The number of fused-ring (bicyclic) bond motifs is 1. The lowest BCUT2D eigenvalue weighted by atomic mass is 9.85. The first kappa shape index (κ1) is 12.9. The molecule has 4 heteroatoms. The molecule has 0 spiro atoms. The molecule has 0 aromatic heterocycles. The molecule has 0 unspecified atom stereocenters. The molecule has 2 rings (SSSR count). The van der Waals surface area contributed by atoms with Gasteiger partial charge in [0.2, 0.25) is 0 Å². The molecule has 1 aliphatic rings. The Morgan fingerprint density at radius 2 is 2.00 bits per heavy atom. The van der Waals surface area contributed by atoms with E-state index in [0.29, 0.717) is 0 Å². The number of methoxy groups -OCH3 is 1. The quantitative estimate of drug-likeness (QED) is 0.808. The summed E-state index contributed by atoms with van der Waals surface area (Å²) in [5.41, 5.74) is 0.895. The van der Waals surface area contributed by atoms with E-state index in [0.717, 1.165) is 11.3 Å². The van der Waals surface area contributed by atoms with E-state index < -0.39 is 11.5 Å². The van der Waals surface area contributed by atoms with Gasteiger partial charge in [0.1, 0.15) is 5.92 Å². The van der Waals surface area contributed by atoms with Crippen LogP contribution in [0.2, 0.25) is 0 Å². The monoisotopic (exact) mass is 249 g/mol. The number of ether oxygens (including phenoxy) is 1. The Balaban J connectivity index is 2.54. The predicted molar refractivity (Wildman–Crippen MR) is 69.7 cm³/mol. The standard InChI is InChI=1S/C14H19NO3/c1-14(2,17)12-11(13(16)18-4)9-7-5-6-8-10(9)15(12)3/h5-8,11-12,17H,1-4H3/t11-,12-/m1/s1. The van der Waals surface area contributed by atoms with Crippen molar-refractivity contribution in [3.63, 3.8) is 0 Å². The summed E-state index contributed by atoms with van der Waals surface area (Å²) < 4.78 is 4.89. The fourth-order valence-electron chi connectivity index (χ4n) is 2.88. The minimum absolute atomic E-state index is 0.307. The molecular weight excluding hydrogens is 230 g/mol. The second-order valence-corrected chi connectivity index (χ2v) is 5.27. The van der Waals surface area contributed by atoms with Gasteiger partial charge in [-0.2, -0.15) is 0 Å². The SMILES string of the molecule is COC(=O)[C@@H]1c2ccccc2N(C)[C@H]1C(C)(C)O. The molecule has 0 fully saturated rings. The number of hydrogen-bond donors (Lipinski definition) is 1. The molecule has 1 N–H and O–H groups in total. The Morgan fingerprint density at radius 3 is 2.56 bits per heavy atom. The van der Waals surface area contributed by atoms with E-state index in [2.05, 4.69) is 0 Å². The van der Waals surface area contributed by atoms with Crippen molar-refractivity contribution in [1.29, 1.82) is 0 Å². The van der Waals surface area contributed by atoms with Gasteiger partial charge in [-0.05, 0) is 25.5 Å². The maximum Gasteiger partial charge on any atom is 0.315 e. The van der Waals surface area contributed by atoms with Crippen molar-refractivity contribution >= 4 is 11.7 Å². The van der Waals surface area contributed by atoms with Gasteiger partial charge in [0.15, 0.2) is 0 Å². The van der Waals surface area contributed by atoms with Crippen LogP contribution >= 0.6 is 0 Å². The van der Waals surface area contributed by atoms with Gasteiger partial charge >= 0.3 is 5.97 Å². The number of hydrogen-bond acceptors (Lipinski definition) is 4. The number of aliphatic hydroxyl groups is 1. The number of benzene rings is 1. The van der Waals surface area contributed by atoms with Gasteiger partial charge in [0.05, 0.1) is 18.8 Å². The largest absolute Gasteiger partial charge is 0.468 e. The van der Waals surface area contributed by atoms with Crippen molar-refractivity contribution in [2.24, 2.45) is 0 Å². The van der Waals surface area contributed by atoms with E-state index in [-0.39, 0.29) is 12.0 Å². The Morgan fingerprint density at radius 1 is 1.39 bits per heavy atom. The minimum atomic E-state index is -0.993. The summed E-state index contributed by atoms with van der Waals surface area (Å²) in [4.78, 5) is 14.0. The highest BCUT2D eigenvalue weighted by Crippen LogP contribution is 2.44. The lowest BCUT2D eigenvalue weighted by molar-refractivity contribution is -0.144. The average Bonchev–Trinajstić information content (AvgIpc) is 2.62. The smallest absolute Gasteiger partial charge is 0.315 e. The molecule has 0 amide bonds. The van der Waals surface area contributed by atoms with E-state index in [1.165, 1.54) is 7.11 Å². The predicted octanol–water partition coefficient (Wildman–Crippen LogP) is 1.53. The first-order chi connectivity index (χ1) is 8.38. The van der Waals surface area contributed by atoms with Crippen molar-refractivity contribution in [3.8, 4) is 0 Å². The summed E-state index contributed by atoms with van der Waals surface area (Å²) in [7, 11) is 3.27. The molecule has 0 saturated heterocycles. The molecule has 2 atom stereocenters. The normalized spacial score (nSPS) is 22.8. The van der Waals surface area contributed by atoms with Crippen molar-refractivity contribution in [1.82, 2.24) is 0 Å². The molecule has 98 valence electrons. The highest BCUT2D eigenvalue weighted by Gasteiger charge is 2.48. The van der Waals surface area contributed by atoms with Crippen LogP contribution in [0.5, 0.6) is 0 Å². The number of nitrogens with zero attached hydrogens (tertiary/aromatic N) is 1. The van der Waals surface area contributed by atoms with Crippen LogP contribution < -0.4 is 4.90 Å². The molecule has 0 saturated carbocycles. The van der Waals surface area contributed by atoms with Gasteiger partial charge in [0.25, 0.3) is 0 Å². The number of anilines is 1. The van der Waals surface area contributed by atoms with E-state index in [1.54, 1.807) is 13.8 Å². The number of para-hydroxylation sites is 1. The fourth-order valence-corrected chi connectivity index (χ4v) is 2.88. The topological polar surface area (TPSA) is 49.8 Å². The summed E-state index contributed by atoms with van der Waals surface area (Å²) in [6, 6.07) is 7.38. The maximum absolute atomic E-state index is 12.0. The Hall–Kier alpha value is -1.55. The Bertz CT molecular complexity index is 464. The van der Waals surface area contributed by atoms with Crippen molar-refractivity contribution in [2.75, 3.05) is 19.1 Å². The zero-order valence-electron chi connectivity index (χ0n) is 11.2. The zero-order valence-corrected chi connectivity index (χ0v) is 11.2. The minimum Gasteiger partial charge on any atom is -0.468 e. The van der Waals surface area contributed by atoms with Crippen LogP contribution in [0, 0.1) is 0 Å². The average molecular weight is 249 g/mol. The summed E-state index contributed by atoms with van der Waals surface area (Å²) in [6.45, 7) is 3.44. The molecule has 1 heterocycles. The molecule has 18 heavy (non-hydrogen) atoms. The summed E-state index contributed by atoms with van der Waals surface area (Å²) in [6.07, 6.45) is 0. The number of carbonyl (C=O) groups is 1. The molecule has 0 bridgehead atoms. The van der Waals surface area contributed by atoms with E-state index >= 15 is 0 Å². The van der Waals surface area contributed by atoms with Crippen LogP contribution in [0.25, 0.3) is 0 Å². The molecule has 0 aliphatic carbocycles. The molecule has 0 radical (unpaired) electrons. The maximum atomic E-state index is 12.0. The van der Waals surface area contributed by atoms with E-state index in [4.69, 9.17) is 4.74 Å². The molecule has 1 aromatic rings. The van der Waals surface area contributed by atoms with Gasteiger partial charge in [-0.25, -0.2) is 0 Å². The van der Waals surface area contributed by atoms with Crippen LogP contribution in [0.4, 0.5) is 5.69 Å². The number of rotatable bonds is 2. The highest BCUT2D eigenvalue weighted by molar-refractivity contribution is 5.85. The second-order valence-electron chi connectivity index (χ2n) is 5.27. The first-order valence-electron chi connectivity index (χ1n) is 6.00. The third-order valence-electron chi connectivity index (χ3n) is 3.56. The van der Waals surface area contributed by atoms with E-state index in [9.17, 15) is 9.90 Å². The summed E-state index contributed by atoms with van der Waals surface area (Å²) in [5, 5.41) is 10.3. The van der Waals surface area contributed by atoms with Gasteiger partial charge in [-0.1, -0.05) is 18.2 Å². The van der Waals surface area contributed by atoms with Crippen molar-refractivity contribution in [3.05, 3.63) is 29.8 Å². The fraction of sp³-hybridized carbons (Fsp3) is 0.500. The van der Waals surface area contributed by atoms with Crippen LogP contribution in [-0.4, -0.2) is 36.9 Å². The number of carbonyl (C=O) groups excluding carboxylic acids is 1. The molecule has 4 nitrogen and oxygen atoms in total. The Kier molecular flexibility index (Phi) is 3.07. The summed E-state index contributed by atoms with van der Waals surface area (Å²) >= 11 is 0. The number of likely N-dealkylation sites (N-methyl/N-ethyl adjacent to an activating group) is 1. The van der Waals surface area contributed by atoms with Crippen LogP contribution in [-0.2, 0) is 9.53 Å². The van der Waals surface area contributed by atoms with E-state index in [1.807, 2.05) is 36.2 Å². The van der Waals surface area contributed by atoms with Gasteiger partial charge < -0.3 is 14.7 Å². The first-order valence-corrected chi connectivity index (χ1v) is 6.00. The van der Waals surface area contributed by atoms with Crippen LogP contribution in [0.15, 0.2) is 24.3 Å². The van der Waals surface area contributed by atoms with Crippen molar-refractivity contribution in [2.45, 2.75) is 31.4 Å². The zero-order chi connectivity index (χ0) is 13.5. The van der Waals surface area contributed by atoms with Gasteiger partial charge in [-0.3, -0.25) is 4.79 Å². The van der Waals surface area contributed by atoms with Crippen molar-refractivity contribution < 1.29 is 14.6 Å². The highest BCUT2D eigenvalue weighted by atomic mass is 16.5. The number of esters is 1. The van der Waals surface area contributed by atoms with Crippen LogP contribution in [0.3, 0.4) is 0 Å². The molecule has 1 aliphatic heterocycles.